The van der Waals surface area contributed by atoms with Crippen LogP contribution >= 0.6 is 0 Å². The Morgan fingerprint density at radius 3 is 2.29 bits per heavy atom. The van der Waals surface area contributed by atoms with Gasteiger partial charge in [-0.3, -0.25) is 4.79 Å². The summed E-state index contributed by atoms with van der Waals surface area (Å²) in [5.74, 6) is 1.21. The molecule has 1 atom stereocenters. The van der Waals surface area contributed by atoms with Crippen molar-refractivity contribution in [1.29, 1.82) is 0 Å². The van der Waals surface area contributed by atoms with Gasteiger partial charge in [0.25, 0.3) is 5.91 Å². The second-order valence-corrected chi connectivity index (χ2v) is 5.40. The van der Waals surface area contributed by atoms with Gasteiger partial charge < -0.3 is 10.1 Å². The molecule has 0 aliphatic heterocycles. The fraction of sp³-hybridized carbons (Fsp3) is 0.278. The van der Waals surface area contributed by atoms with E-state index in [0.717, 1.165) is 5.75 Å². The van der Waals surface area contributed by atoms with Gasteiger partial charge in [0.05, 0.1) is 6.04 Å². The van der Waals surface area contributed by atoms with Crippen molar-refractivity contribution in [3.05, 3.63) is 66.2 Å². The average molecular weight is 281 g/mol. The van der Waals surface area contributed by atoms with Gasteiger partial charge in [0.2, 0.25) is 0 Å². The number of benzene rings is 2. The molecule has 0 spiro atoms. The quantitative estimate of drug-likeness (QED) is 0.882. The fourth-order valence-electron chi connectivity index (χ4n) is 2.44. The lowest BCUT2D eigenvalue weighted by atomic mass is 10.0. The van der Waals surface area contributed by atoms with Crippen LogP contribution in [0, 0.1) is 5.92 Å². The minimum absolute atomic E-state index is 0.0556. The maximum Gasteiger partial charge on any atom is 0.258 e. The first-order valence-electron chi connectivity index (χ1n) is 7.35. The molecule has 108 valence electrons. The lowest BCUT2D eigenvalue weighted by Crippen LogP contribution is -2.33. The van der Waals surface area contributed by atoms with E-state index in [1.54, 1.807) is 0 Å². The molecule has 3 nitrogen and oxygen atoms in total. The predicted molar refractivity (Wildman–Crippen MR) is 82.0 cm³/mol. The van der Waals surface area contributed by atoms with E-state index in [9.17, 15) is 4.79 Å². The molecule has 0 saturated heterocycles. The lowest BCUT2D eigenvalue weighted by Gasteiger charge is -2.19. The first-order chi connectivity index (χ1) is 10.3. The number of amides is 1. The van der Waals surface area contributed by atoms with E-state index in [1.807, 2.05) is 48.5 Å². The van der Waals surface area contributed by atoms with Gasteiger partial charge in [0.1, 0.15) is 5.75 Å². The smallest absolute Gasteiger partial charge is 0.258 e. The Balaban J connectivity index is 1.57. The zero-order chi connectivity index (χ0) is 14.5. The van der Waals surface area contributed by atoms with E-state index in [1.165, 1.54) is 18.4 Å². The molecule has 21 heavy (non-hydrogen) atoms. The number of ether oxygens (including phenoxy) is 1. The van der Waals surface area contributed by atoms with Crippen molar-refractivity contribution in [2.24, 2.45) is 5.92 Å². The van der Waals surface area contributed by atoms with E-state index in [4.69, 9.17) is 4.74 Å². The van der Waals surface area contributed by atoms with E-state index < -0.39 is 0 Å². The van der Waals surface area contributed by atoms with Crippen LogP contribution < -0.4 is 10.1 Å². The van der Waals surface area contributed by atoms with Gasteiger partial charge in [0.15, 0.2) is 6.61 Å². The standard InChI is InChI=1S/C18H19NO2/c20-17(13-21-16-9-5-2-6-10-16)19-18(15-11-12-15)14-7-3-1-4-8-14/h1-10,15,18H,11-13H2,(H,19,20)/t18-/m1/s1. The molecule has 1 aliphatic carbocycles. The molecule has 1 aliphatic rings. The highest BCUT2D eigenvalue weighted by Gasteiger charge is 2.33. The third kappa shape index (κ3) is 3.85. The molecule has 0 heterocycles. The maximum absolute atomic E-state index is 12.1. The summed E-state index contributed by atoms with van der Waals surface area (Å²) < 4.78 is 5.49. The molecular weight excluding hydrogens is 262 g/mol. The number of carbonyl (C=O) groups is 1. The van der Waals surface area contributed by atoms with Crippen molar-refractivity contribution >= 4 is 5.91 Å². The summed E-state index contributed by atoms with van der Waals surface area (Å²) in [6.45, 7) is 0.0556. The van der Waals surface area contributed by atoms with Crippen molar-refractivity contribution in [2.45, 2.75) is 18.9 Å². The van der Waals surface area contributed by atoms with Crippen molar-refractivity contribution in [3.8, 4) is 5.75 Å². The molecule has 2 aromatic carbocycles. The van der Waals surface area contributed by atoms with Gasteiger partial charge in [-0.2, -0.15) is 0 Å². The van der Waals surface area contributed by atoms with Gasteiger partial charge in [0, 0.05) is 0 Å². The third-order valence-electron chi connectivity index (χ3n) is 3.68. The second-order valence-electron chi connectivity index (χ2n) is 5.40. The number of nitrogens with one attached hydrogen (secondary N) is 1. The summed E-state index contributed by atoms with van der Waals surface area (Å²) in [7, 11) is 0. The monoisotopic (exact) mass is 281 g/mol. The van der Waals surface area contributed by atoms with Crippen LogP contribution in [0.4, 0.5) is 0 Å². The zero-order valence-electron chi connectivity index (χ0n) is 11.9. The molecule has 0 aromatic heterocycles. The molecule has 2 aromatic rings. The molecule has 0 radical (unpaired) electrons. The minimum Gasteiger partial charge on any atom is -0.484 e. The number of carbonyl (C=O) groups excluding carboxylic acids is 1. The number of rotatable bonds is 6. The van der Waals surface area contributed by atoms with Gasteiger partial charge in [-0.25, -0.2) is 0 Å². The van der Waals surface area contributed by atoms with E-state index in [2.05, 4.69) is 17.4 Å². The Bertz CT molecular complexity index is 579. The largest absolute Gasteiger partial charge is 0.484 e. The molecule has 3 rings (SSSR count). The van der Waals surface area contributed by atoms with Crippen molar-refractivity contribution in [3.63, 3.8) is 0 Å². The molecule has 1 saturated carbocycles. The van der Waals surface area contributed by atoms with Gasteiger partial charge in [-0.15, -0.1) is 0 Å². The summed E-state index contributed by atoms with van der Waals surface area (Å²) in [6.07, 6.45) is 2.36. The summed E-state index contributed by atoms with van der Waals surface area (Å²) in [5.41, 5.74) is 1.17. The molecule has 3 heteroatoms. The predicted octanol–water partition coefficient (Wildman–Crippen LogP) is 3.33. The minimum atomic E-state index is -0.0698. The summed E-state index contributed by atoms with van der Waals surface area (Å²) >= 11 is 0. The van der Waals surface area contributed by atoms with Crippen molar-refractivity contribution in [1.82, 2.24) is 5.32 Å². The molecule has 0 unspecified atom stereocenters. The lowest BCUT2D eigenvalue weighted by molar-refractivity contribution is -0.124. The van der Waals surface area contributed by atoms with Gasteiger partial charge in [-0.05, 0) is 36.5 Å². The SMILES string of the molecule is O=C(COc1ccccc1)N[C@H](c1ccccc1)C1CC1. The summed E-state index contributed by atoms with van der Waals surface area (Å²) in [6, 6.07) is 19.7. The normalized spacial score (nSPS) is 15.2. The Hall–Kier alpha value is -2.29. The number of hydrogen-bond acceptors (Lipinski definition) is 2. The highest BCUT2D eigenvalue weighted by atomic mass is 16.5. The first kappa shape index (κ1) is 13.7. The van der Waals surface area contributed by atoms with Crippen LogP contribution in [-0.4, -0.2) is 12.5 Å². The van der Waals surface area contributed by atoms with Crippen LogP contribution in [-0.2, 0) is 4.79 Å². The summed E-state index contributed by atoms with van der Waals surface area (Å²) in [4.78, 5) is 12.1. The van der Waals surface area contributed by atoms with Crippen LogP contribution in [0.25, 0.3) is 0 Å². The first-order valence-corrected chi connectivity index (χ1v) is 7.35. The van der Waals surface area contributed by atoms with Crippen LogP contribution in [0.3, 0.4) is 0 Å². The van der Waals surface area contributed by atoms with E-state index in [-0.39, 0.29) is 18.6 Å². The zero-order valence-corrected chi connectivity index (χ0v) is 11.9. The highest BCUT2D eigenvalue weighted by molar-refractivity contribution is 5.78. The molecule has 1 N–H and O–H groups in total. The van der Waals surface area contributed by atoms with Crippen LogP contribution in [0.5, 0.6) is 5.75 Å². The number of hydrogen-bond donors (Lipinski definition) is 1. The number of para-hydroxylation sites is 1. The van der Waals surface area contributed by atoms with Gasteiger partial charge in [-0.1, -0.05) is 48.5 Å². The molecular formula is C18H19NO2. The highest BCUT2D eigenvalue weighted by Crippen LogP contribution is 2.40. The molecule has 0 bridgehead atoms. The van der Waals surface area contributed by atoms with E-state index >= 15 is 0 Å². The third-order valence-corrected chi connectivity index (χ3v) is 3.68. The Labute approximate surface area is 124 Å². The fourth-order valence-corrected chi connectivity index (χ4v) is 2.44. The molecule has 1 amide bonds. The van der Waals surface area contributed by atoms with Crippen molar-refractivity contribution < 1.29 is 9.53 Å². The van der Waals surface area contributed by atoms with E-state index in [0.29, 0.717) is 5.92 Å². The Kier molecular flexibility index (Phi) is 4.20. The topological polar surface area (TPSA) is 38.3 Å². The van der Waals surface area contributed by atoms with Crippen LogP contribution in [0.15, 0.2) is 60.7 Å². The Morgan fingerprint density at radius 1 is 1.05 bits per heavy atom. The van der Waals surface area contributed by atoms with Crippen LogP contribution in [0.2, 0.25) is 0 Å². The maximum atomic E-state index is 12.1. The summed E-state index contributed by atoms with van der Waals surface area (Å²) in [5, 5.41) is 3.10. The van der Waals surface area contributed by atoms with Gasteiger partial charge >= 0.3 is 0 Å². The van der Waals surface area contributed by atoms with Crippen molar-refractivity contribution in [2.75, 3.05) is 6.61 Å². The second kappa shape index (κ2) is 6.44. The molecule has 1 fully saturated rings. The Morgan fingerprint density at radius 2 is 1.67 bits per heavy atom. The average Bonchev–Trinajstić information content (AvgIpc) is 3.37. The van der Waals surface area contributed by atoms with Crippen LogP contribution in [0.1, 0.15) is 24.4 Å².